The highest BCUT2D eigenvalue weighted by Crippen LogP contribution is 2.23. The highest BCUT2D eigenvalue weighted by molar-refractivity contribution is 6.05. The molecule has 2 aromatic rings. The Bertz CT molecular complexity index is 711. The Morgan fingerprint density at radius 2 is 1.68 bits per heavy atom. The van der Waals surface area contributed by atoms with E-state index in [0.29, 0.717) is 29.1 Å². The van der Waals surface area contributed by atoms with Crippen molar-refractivity contribution < 1.29 is 14.3 Å². The lowest BCUT2D eigenvalue weighted by atomic mass is 10.1. The van der Waals surface area contributed by atoms with Gasteiger partial charge in [0, 0.05) is 17.7 Å². The molecule has 2 N–H and O–H groups in total. The van der Waals surface area contributed by atoms with E-state index in [9.17, 15) is 9.59 Å². The summed E-state index contributed by atoms with van der Waals surface area (Å²) in [5.41, 5.74) is 1.81. The fourth-order valence-corrected chi connectivity index (χ4v) is 2.41. The van der Waals surface area contributed by atoms with Crippen LogP contribution in [0.3, 0.4) is 0 Å². The molecular weight excluding hydrogens is 316 g/mol. The van der Waals surface area contributed by atoms with E-state index in [4.69, 9.17) is 4.74 Å². The molecule has 0 atom stereocenters. The van der Waals surface area contributed by atoms with Crippen LogP contribution >= 0.6 is 0 Å². The van der Waals surface area contributed by atoms with Crippen molar-refractivity contribution in [2.45, 2.75) is 32.6 Å². The third kappa shape index (κ3) is 5.64. The van der Waals surface area contributed by atoms with Crippen LogP contribution in [0.5, 0.6) is 5.75 Å². The first kappa shape index (κ1) is 18.5. The van der Waals surface area contributed by atoms with Crippen molar-refractivity contribution in [1.82, 2.24) is 0 Å². The minimum Gasteiger partial charge on any atom is -0.495 e. The molecule has 0 aliphatic carbocycles. The first-order valence-electron chi connectivity index (χ1n) is 8.48. The summed E-state index contributed by atoms with van der Waals surface area (Å²) < 4.78 is 5.22. The van der Waals surface area contributed by atoms with Gasteiger partial charge in [0.05, 0.1) is 12.8 Å². The maximum absolute atomic E-state index is 12.3. The quantitative estimate of drug-likeness (QED) is 0.697. The monoisotopic (exact) mass is 340 g/mol. The molecule has 2 rings (SSSR count). The third-order valence-corrected chi connectivity index (χ3v) is 3.79. The van der Waals surface area contributed by atoms with Crippen molar-refractivity contribution in [1.29, 1.82) is 0 Å². The van der Waals surface area contributed by atoms with E-state index in [1.807, 2.05) is 12.1 Å². The topological polar surface area (TPSA) is 67.4 Å². The fourth-order valence-electron chi connectivity index (χ4n) is 2.41. The SMILES string of the molecule is CCCCCC(=O)Nc1ccc(C(=O)Nc2ccccc2OC)cc1. The van der Waals surface area contributed by atoms with E-state index in [1.165, 1.54) is 0 Å². The Balaban J connectivity index is 1.95. The first-order chi connectivity index (χ1) is 12.1. The molecule has 25 heavy (non-hydrogen) atoms. The summed E-state index contributed by atoms with van der Waals surface area (Å²) in [6.07, 6.45) is 3.55. The first-order valence-corrected chi connectivity index (χ1v) is 8.48. The van der Waals surface area contributed by atoms with Gasteiger partial charge in [0.2, 0.25) is 5.91 Å². The van der Waals surface area contributed by atoms with Crippen LogP contribution in [-0.2, 0) is 4.79 Å². The van der Waals surface area contributed by atoms with Crippen LogP contribution in [0.1, 0.15) is 43.0 Å². The molecule has 0 saturated carbocycles. The smallest absolute Gasteiger partial charge is 0.255 e. The number of anilines is 2. The van der Waals surface area contributed by atoms with Gasteiger partial charge in [0.1, 0.15) is 5.75 Å². The van der Waals surface area contributed by atoms with Crippen molar-refractivity contribution in [3.63, 3.8) is 0 Å². The summed E-state index contributed by atoms with van der Waals surface area (Å²) >= 11 is 0. The number of carbonyl (C=O) groups is 2. The Kier molecular flexibility index (Phi) is 7.01. The van der Waals surface area contributed by atoms with Gasteiger partial charge in [-0.1, -0.05) is 31.9 Å². The van der Waals surface area contributed by atoms with Crippen LogP contribution in [0.4, 0.5) is 11.4 Å². The van der Waals surface area contributed by atoms with Crippen LogP contribution in [0.15, 0.2) is 48.5 Å². The second kappa shape index (κ2) is 9.47. The number of hydrogen-bond acceptors (Lipinski definition) is 3. The normalized spacial score (nSPS) is 10.2. The summed E-state index contributed by atoms with van der Waals surface area (Å²) in [5.74, 6) is 0.372. The van der Waals surface area contributed by atoms with Crippen molar-refractivity contribution in [3.05, 3.63) is 54.1 Å². The van der Waals surface area contributed by atoms with E-state index in [0.717, 1.165) is 19.3 Å². The fraction of sp³-hybridized carbons (Fsp3) is 0.300. The molecule has 0 aliphatic heterocycles. The van der Waals surface area contributed by atoms with Crippen molar-refractivity contribution in [2.75, 3.05) is 17.7 Å². The van der Waals surface area contributed by atoms with E-state index < -0.39 is 0 Å². The number of amides is 2. The Morgan fingerprint density at radius 1 is 0.960 bits per heavy atom. The second-order valence-corrected chi connectivity index (χ2v) is 5.74. The van der Waals surface area contributed by atoms with Gasteiger partial charge in [-0.3, -0.25) is 9.59 Å². The number of rotatable bonds is 8. The molecule has 0 heterocycles. The van der Waals surface area contributed by atoms with Gasteiger partial charge in [-0.15, -0.1) is 0 Å². The molecule has 2 amide bonds. The van der Waals surface area contributed by atoms with Gasteiger partial charge in [-0.05, 0) is 42.8 Å². The molecule has 0 aromatic heterocycles. The standard InChI is InChI=1S/C20H24N2O3/c1-3-4-5-10-19(23)21-16-13-11-15(12-14-16)20(24)22-17-8-6-7-9-18(17)25-2/h6-9,11-14H,3-5,10H2,1-2H3,(H,21,23)(H,22,24). The predicted octanol–water partition coefficient (Wildman–Crippen LogP) is 4.47. The van der Waals surface area contributed by atoms with Crippen LogP contribution in [0, 0.1) is 0 Å². The summed E-state index contributed by atoms with van der Waals surface area (Å²) in [6.45, 7) is 2.10. The van der Waals surface area contributed by atoms with Gasteiger partial charge in [-0.2, -0.15) is 0 Å². The number of nitrogens with one attached hydrogen (secondary N) is 2. The van der Waals surface area contributed by atoms with E-state index in [1.54, 1.807) is 43.5 Å². The summed E-state index contributed by atoms with van der Waals surface area (Å²) in [6, 6.07) is 14.1. The van der Waals surface area contributed by atoms with Crippen molar-refractivity contribution in [2.24, 2.45) is 0 Å². The van der Waals surface area contributed by atoms with Crippen LogP contribution in [-0.4, -0.2) is 18.9 Å². The van der Waals surface area contributed by atoms with Crippen molar-refractivity contribution in [3.8, 4) is 5.75 Å². The van der Waals surface area contributed by atoms with Crippen LogP contribution < -0.4 is 15.4 Å². The lowest BCUT2D eigenvalue weighted by molar-refractivity contribution is -0.116. The number of methoxy groups -OCH3 is 1. The summed E-state index contributed by atoms with van der Waals surface area (Å²) in [5, 5.41) is 5.67. The van der Waals surface area contributed by atoms with E-state index in [-0.39, 0.29) is 11.8 Å². The molecule has 0 fully saturated rings. The zero-order chi connectivity index (χ0) is 18.1. The van der Waals surface area contributed by atoms with E-state index in [2.05, 4.69) is 17.6 Å². The lowest BCUT2D eigenvalue weighted by Crippen LogP contribution is -2.13. The van der Waals surface area contributed by atoms with Gasteiger partial charge >= 0.3 is 0 Å². The molecule has 0 bridgehead atoms. The molecule has 0 radical (unpaired) electrons. The summed E-state index contributed by atoms with van der Waals surface area (Å²) in [4.78, 5) is 24.1. The van der Waals surface area contributed by atoms with Gasteiger partial charge in [-0.25, -0.2) is 0 Å². The third-order valence-electron chi connectivity index (χ3n) is 3.79. The Morgan fingerprint density at radius 3 is 2.36 bits per heavy atom. The molecule has 0 saturated heterocycles. The number of unbranched alkanes of at least 4 members (excludes halogenated alkanes) is 2. The molecule has 5 nitrogen and oxygen atoms in total. The summed E-state index contributed by atoms with van der Waals surface area (Å²) in [7, 11) is 1.56. The number of hydrogen-bond donors (Lipinski definition) is 2. The lowest BCUT2D eigenvalue weighted by Gasteiger charge is -2.10. The molecular formula is C20H24N2O3. The highest BCUT2D eigenvalue weighted by atomic mass is 16.5. The Labute approximate surface area is 148 Å². The minimum atomic E-state index is -0.231. The zero-order valence-corrected chi connectivity index (χ0v) is 14.7. The number of benzene rings is 2. The number of carbonyl (C=O) groups excluding carboxylic acids is 2. The van der Waals surface area contributed by atoms with Gasteiger partial charge in [0.25, 0.3) is 5.91 Å². The molecule has 0 unspecified atom stereocenters. The number of para-hydroxylation sites is 2. The zero-order valence-electron chi connectivity index (χ0n) is 14.7. The second-order valence-electron chi connectivity index (χ2n) is 5.74. The average molecular weight is 340 g/mol. The molecule has 0 aliphatic rings. The molecule has 2 aromatic carbocycles. The predicted molar refractivity (Wildman–Crippen MR) is 100 cm³/mol. The van der Waals surface area contributed by atoms with Crippen LogP contribution in [0.25, 0.3) is 0 Å². The van der Waals surface area contributed by atoms with Gasteiger partial charge in [0.15, 0.2) is 0 Å². The van der Waals surface area contributed by atoms with Crippen molar-refractivity contribution >= 4 is 23.2 Å². The minimum absolute atomic E-state index is 0.000302. The Hall–Kier alpha value is -2.82. The highest BCUT2D eigenvalue weighted by Gasteiger charge is 2.10. The maximum Gasteiger partial charge on any atom is 0.255 e. The average Bonchev–Trinajstić information content (AvgIpc) is 2.63. The largest absolute Gasteiger partial charge is 0.495 e. The maximum atomic E-state index is 12.3. The molecule has 0 spiro atoms. The number of ether oxygens (including phenoxy) is 1. The van der Waals surface area contributed by atoms with E-state index >= 15 is 0 Å². The van der Waals surface area contributed by atoms with Gasteiger partial charge < -0.3 is 15.4 Å². The van der Waals surface area contributed by atoms with Crippen LogP contribution in [0.2, 0.25) is 0 Å². The molecule has 5 heteroatoms. The molecule has 132 valence electrons.